The van der Waals surface area contributed by atoms with Gasteiger partial charge in [0.15, 0.2) is 0 Å². The van der Waals surface area contributed by atoms with Gasteiger partial charge in [-0.2, -0.15) is 0 Å². The minimum absolute atomic E-state index is 0.832. The van der Waals surface area contributed by atoms with Gasteiger partial charge in [-0.05, 0) is 18.3 Å². The van der Waals surface area contributed by atoms with Gasteiger partial charge in [0, 0.05) is 0 Å². The van der Waals surface area contributed by atoms with Gasteiger partial charge in [-0.1, -0.05) is 98.3 Å². The summed E-state index contributed by atoms with van der Waals surface area (Å²) < 4.78 is 0. The number of hydrogen-bond donors (Lipinski definition) is 0. The molecule has 18 heavy (non-hydrogen) atoms. The van der Waals surface area contributed by atoms with Crippen molar-refractivity contribution in [2.24, 2.45) is 11.8 Å². The maximum Gasteiger partial charge on any atom is -0.0327 e. The molecule has 0 heteroatoms. The average molecular weight is 253 g/mol. The molecule has 0 N–H and O–H groups in total. The highest BCUT2D eigenvalue weighted by molar-refractivity contribution is 4.80. The topological polar surface area (TPSA) is 0 Å². The molecular weight excluding hydrogens is 216 g/mol. The maximum absolute atomic E-state index is 2.65. The van der Waals surface area contributed by atoms with Crippen LogP contribution >= 0.6 is 0 Å². The summed E-state index contributed by atoms with van der Waals surface area (Å²) in [6.07, 6.45) is 18.1. The van der Waals surface area contributed by atoms with Crippen molar-refractivity contribution in [2.45, 2.75) is 98.3 Å². The second-order valence-corrected chi connectivity index (χ2v) is 6.04. The Morgan fingerprint density at radius 1 is 0.722 bits per heavy atom. The normalized spacial score (nSPS) is 14.7. The van der Waals surface area contributed by atoms with Crippen LogP contribution in [-0.4, -0.2) is 0 Å². The largest absolute Gasteiger partial charge is 0.0654 e. The monoisotopic (exact) mass is 253 g/mol. The fourth-order valence-corrected chi connectivity index (χ4v) is 2.72. The molecule has 0 heterocycles. The lowest BCUT2D eigenvalue weighted by Gasteiger charge is -2.19. The summed E-state index contributed by atoms with van der Waals surface area (Å²) in [4.78, 5) is 0. The van der Waals surface area contributed by atoms with Crippen LogP contribution in [0.2, 0.25) is 0 Å². The van der Waals surface area contributed by atoms with Crippen LogP contribution in [0, 0.1) is 18.3 Å². The van der Waals surface area contributed by atoms with Gasteiger partial charge < -0.3 is 0 Å². The van der Waals surface area contributed by atoms with Crippen molar-refractivity contribution in [3.63, 3.8) is 0 Å². The molecule has 0 nitrogen and oxygen atoms in total. The van der Waals surface area contributed by atoms with Crippen molar-refractivity contribution < 1.29 is 0 Å². The Kier molecular flexibility index (Phi) is 13.4. The Balaban J connectivity index is 3.52. The van der Waals surface area contributed by atoms with E-state index in [0.717, 1.165) is 11.8 Å². The molecule has 1 radical (unpaired) electrons. The third-order valence-corrected chi connectivity index (χ3v) is 4.07. The van der Waals surface area contributed by atoms with Crippen LogP contribution in [0.25, 0.3) is 0 Å². The molecule has 0 aliphatic rings. The Morgan fingerprint density at radius 2 is 1.28 bits per heavy atom. The second-order valence-electron chi connectivity index (χ2n) is 6.04. The zero-order chi connectivity index (χ0) is 13.6. The molecule has 0 amide bonds. The van der Waals surface area contributed by atoms with E-state index in [9.17, 15) is 0 Å². The predicted molar refractivity (Wildman–Crippen MR) is 84.8 cm³/mol. The Labute approximate surface area is 117 Å². The lowest BCUT2D eigenvalue weighted by atomic mass is 9.87. The Morgan fingerprint density at radius 3 is 1.89 bits per heavy atom. The number of unbranched alkanes of at least 4 members (excludes halogenated alkanes) is 6. The highest BCUT2D eigenvalue weighted by Gasteiger charge is 2.11. The zero-order valence-electron chi connectivity index (χ0n) is 13.5. The van der Waals surface area contributed by atoms with Gasteiger partial charge in [0.05, 0.1) is 0 Å². The lowest BCUT2D eigenvalue weighted by Crippen LogP contribution is -2.07. The highest BCUT2D eigenvalue weighted by Crippen LogP contribution is 2.24. The number of rotatable bonds is 13. The molecule has 0 aromatic carbocycles. The molecule has 0 spiro atoms. The van der Waals surface area contributed by atoms with Crippen LogP contribution in [0.5, 0.6) is 0 Å². The van der Waals surface area contributed by atoms with Gasteiger partial charge in [0.1, 0.15) is 0 Å². The molecule has 109 valence electrons. The quantitative estimate of drug-likeness (QED) is 0.317. The molecule has 0 saturated heterocycles. The Hall–Kier alpha value is 0. The molecule has 0 aliphatic carbocycles. The molecule has 2 atom stereocenters. The van der Waals surface area contributed by atoms with Crippen molar-refractivity contribution >= 4 is 0 Å². The van der Waals surface area contributed by atoms with E-state index in [-0.39, 0.29) is 0 Å². The standard InChI is InChI=1S/C18H37/c1-5-8-10-11-13-14-17(4)16-18(7-3)15-12-9-6-2/h16-18H,5-15H2,1-4H3. The van der Waals surface area contributed by atoms with E-state index < -0.39 is 0 Å². The summed E-state index contributed by atoms with van der Waals surface area (Å²) in [6.45, 7) is 9.35. The van der Waals surface area contributed by atoms with E-state index in [1.807, 2.05) is 0 Å². The highest BCUT2D eigenvalue weighted by atomic mass is 14.2. The van der Waals surface area contributed by atoms with Crippen molar-refractivity contribution in [2.75, 3.05) is 0 Å². The van der Waals surface area contributed by atoms with Crippen molar-refractivity contribution in [3.8, 4) is 0 Å². The van der Waals surface area contributed by atoms with Crippen LogP contribution in [0.3, 0.4) is 0 Å². The van der Waals surface area contributed by atoms with Crippen molar-refractivity contribution in [1.29, 1.82) is 0 Å². The van der Waals surface area contributed by atoms with Gasteiger partial charge in [-0.3, -0.25) is 0 Å². The molecule has 0 saturated carbocycles. The van der Waals surface area contributed by atoms with Gasteiger partial charge in [-0.15, -0.1) is 0 Å². The fourth-order valence-electron chi connectivity index (χ4n) is 2.72. The van der Waals surface area contributed by atoms with Crippen LogP contribution < -0.4 is 0 Å². The van der Waals surface area contributed by atoms with E-state index in [2.05, 4.69) is 34.1 Å². The first-order valence-electron chi connectivity index (χ1n) is 8.59. The van der Waals surface area contributed by atoms with Crippen LogP contribution in [0.1, 0.15) is 98.3 Å². The van der Waals surface area contributed by atoms with Gasteiger partial charge in [0.2, 0.25) is 0 Å². The minimum Gasteiger partial charge on any atom is -0.0654 e. The molecule has 0 aliphatic heterocycles. The first-order valence-corrected chi connectivity index (χ1v) is 8.59. The maximum atomic E-state index is 2.65. The van der Waals surface area contributed by atoms with Crippen LogP contribution in [-0.2, 0) is 0 Å². The summed E-state index contributed by atoms with van der Waals surface area (Å²) in [7, 11) is 0. The molecule has 0 fully saturated rings. The summed E-state index contributed by atoms with van der Waals surface area (Å²) in [5, 5.41) is 0. The zero-order valence-corrected chi connectivity index (χ0v) is 13.5. The summed E-state index contributed by atoms with van der Waals surface area (Å²) in [6, 6.07) is 0. The summed E-state index contributed by atoms with van der Waals surface area (Å²) >= 11 is 0. The lowest BCUT2D eigenvalue weighted by molar-refractivity contribution is 0.424. The SMILES string of the molecule is CCCCCCCC(C)[CH]C(CC)CCCCC. The average Bonchev–Trinajstić information content (AvgIpc) is 2.37. The predicted octanol–water partition coefficient (Wildman–Crippen LogP) is 6.79. The van der Waals surface area contributed by atoms with E-state index in [1.165, 1.54) is 70.6 Å². The molecule has 0 rings (SSSR count). The molecule has 0 aromatic rings. The van der Waals surface area contributed by atoms with Crippen molar-refractivity contribution in [1.82, 2.24) is 0 Å². The molecular formula is C18H37. The first kappa shape index (κ1) is 18.0. The van der Waals surface area contributed by atoms with Gasteiger partial charge in [-0.25, -0.2) is 0 Å². The van der Waals surface area contributed by atoms with Crippen LogP contribution in [0.15, 0.2) is 0 Å². The fraction of sp³-hybridized carbons (Fsp3) is 0.944. The van der Waals surface area contributed by atoms with E-state index >= 15 is 0 Å². The van der Waals surface area contributed by atoms with E-state index in [4.69, 9.17) is 0 Å². The third-order valence-electron chi connectivity index (χ3n) is 4.07. The van der Waals surface area contributed by atoms with Gasteiger partial charge >= 0.3 is 0 Å². The van der Waals surface area contributed by atoms with E-state index in [1.54, 1.807) is 0 Å². The smallest absolute Gasteiger partial charge is 0.0327 e. The molecule has 2 unspecified atom stereocenters. The van der Waals surface area contributed by atoms with Gasteiger partial charge in [0.25, 0.3) is 0 Å². The molecule has 0 aromatic heterocycles. The summed E-state index contributed by atoms with van der Waals surface area (Å²) in [5.74, 6) is 1.71. The second kappa shape index (κ2) is 13.4. The first-order chi connectivity index (χ1) is 8.74. The Bertz CT molecular complexity index is 150. The number of hydrogen-bond acceptors (Lipinski definition) is 0. The molecule has 0 bridgehead atoms. The van der Waals surface area contributed by atoms with Crippen molar-refractivity contribution in [3.05, 3.63) is 6.42 Å². The van der Waals surface area contributed by atoms with E-state index in [0.29, 0.717) is 0 Å². The minimum atomic E-state index is 0.832. The summed E-state index contributed by atoms with van der Waals surface area (Å²) in [5.41, 5.74) is 0. The van der Waals surface area contributed by atoms with Crippen LogP contribution in [0.4, 0.5) is 0 Å². The third kappa shape index (κ3) is 11.1.